The molecule has 1 amide bonds. The lowest BCUT2D eigenvalue weighted by atomic mass is 9.89. The monoisotopic (exact) mass is 329 g/mol. The fraction of sp³-hybridized carbons (Fsp3) is 0.235. The van der Waals surface area contributed by atoms with E-state index >= 15 is 0 Å². The third-order valence-electron chi connectivity index (χ3n) is 3.77. The van der Waals surface area contributed by atoms with Gasteiger partial charge in [-0.25, -0.2) is 4.79 Å². The summed E-state index contributed by atoms with van der Waals surface area (Å²) in [7, 11) is 0. The SMILES string of the molecule is C[C@]1(C(=O)NCC(=O)c2cccs2)Cc2ccccc2C(=O)O1. The molecule has 0 aliphatic carbocycles. The molecule has 0 unspecified atom stereocenters. The summed E-state index contributed by atoms with van der Waals surface area (Å²) in [5.74, 6) is -1.15. The van der Waals surface area contributed by atoms with E-state index in [1.54, 1.807) is 42.6 Å². The molecule has 1 aromatic carbocycles. The molecule has 1 aliphatic rings. The van der Waals surface area contributed by atoms with Crippen LogP contribution >= 0.6 is 11.3 Å². The van der Waals surface area contributed by atoms with Gasteiger partial charge in [-0.1, -0.05) is 24.3 Å². The first-order valence-electron chi connectivity index (χ1n) is 7.16. The lowest BCUT2D eigenvalue weighted by Gasteiger charge is -2.32. The molecule has 118 valence electrons. The average Bonchev–Trinajstić information content (AvgIpc) is 3.06. The van der Waals surface area contributed by atoms with Crippen LogP contribution in [-0.2, 0) is 16.0 Å². The van der Waals surface area contributed by atoms with Crippen LogP contribution in [0.4, 0.5) is 0 Å². The fourth-order valence-electron chi connectivity index (χ4n) is 2.53. The van der Waals surface area contributed by atoms with Crippen molar-refractivity contribution in [3.63, 3.8) is 0 Å². The Morgan fingerprint density at radius 1 is 1.26 bits per heavy atom. The van der Waals surface area contributed by atoms with E-state index in [1.807, 2.05) is 6.07 Å². The van der Waals surface area contributed by atoms with Gasteiger partial charge in [-0.15, -0.1) is 11.3 Å². The van der Waals surface area contributed by atoms with Gasteiger partial charge < -0.3 is 10.1 Å². The molecule has 1 atom stereocenters. The number of ketones is 1. The summed E-state index contributed by atoms with van der Waals surface area (Å²) in [6.07, 6.45) is 0.286. The van der Waals surface area contributed by atoms with Gasteiger partial charge in [-0.3, -0.25) is 9.59 Å². The van der Waals surface area contributed by atoms with Crippen molar-refractivity contribution in [1.29, 1.82) is 0 Å². The van der Waals surface area contributed by atoms with E-state index in [0.717, 1.165) is 5.56 Å². The van der Waals surface area contributed by atoms with Crippen molar-refractivity contribution in [3.8, 4) is 0 Å². The van der Waals surface area contributed by atoms with Gasteiger partial charge in [0, 0.05) is 6.42 Å². The van der Waals surface area contributed by atoms with Crippen molar-refractivity contribution in [3.05, 3.63) is 57.8 Å². The first kappa shape index (κ1) is 15.4. The number of fused-ring (bicyclic) bond motifs is 1. The highest BCUT2D eigenvalue weighted by atomic mass is 32.1. The van der Waals surface area contributed by atoms with Crippen LogP contribution in [0.1, 0.15) is 32.5 Å². The van der Waals surface area contributed by atoms with Crippen LogP contribution in [0.25, 0.3) is 0 Å². The number of carbonyl (C=O) groups is 3. The Bertz CT molecular complexity index is 769. The lowest BCUT2D eigenvalue weighted by molar-refractivity contribution is -0.139. The number of Topliss-reactive ketones (excluding diaryl/α,β-unsaturated/α-hetero) is 1. The van der Waals surface area contributed by atoms with Gasteiger partial charge >= 0.3 is 5.97 Å². The van der Waals surface area contributed by atoms with E-state index in [0.29, 0.717) is 10.4 Å². The van der Waals surface area contributed by atoms with Crippen LogP contribution in [0, 0.1) is 0 Å². The fourth-order valence-corrected chi connectivity index (χ4v) is 3.20. The second-order valence-corrected chi connectivity index (χ2v) is 6.49. The summed E-state index contributed by atoms with van der Waals surface area (Å²) in [5, 5.41) is 4.38. The quantitative estimate of drug-likeness (QED) is 0.689. The van der Waals surface area contributed by atoms with Gasteiger partial charge in [0.05, 0.1) is 17.0 Å². The van der Waals surface area contributed by atoms with E-state index in [2.05, 4.69) is 5.32 Å². The number of rotatable bonds is 4. The summed E-state index contributed by atoms with van der Waals surface area (Å²) in [6, 6.07) is 10.5. The molecule has 0 saturated heterocycles. The van der Waals surface area contributed by atoms with Crippen LogP contribution in [0.5, 0.6) is 0 Å². The Morgan fingerprint density at radius 2 is 2.04 bits per heavy atom. The molecular formula is C17H15NO4S. The Labute approximate surface area is 137 Å². The molecule has 0 spiro atoms. The van der Waals surface area contributed by atoms with Crippen molar-refractivity contribution < 1.29 is 19.1 Å². The first-order chi connectivity index (χ1) is 11.0. The maximum Gasteiger partial charge on any atom is 0.339 e. The minimum absolute atomic E-state index is 0.117. The van der Waals surface area contributed by atoms with Crippen LogP contribution < -0.4 is 5.32 Å². The minimum Gasteiger partial charge on any atom is -0.445 e. The standard InChI is InChI=1S/C17H15NO4S/c1-17(9-11-5-2-3-6-12(11)15(20)22-17)16(21)18-10-13(19)14-7-4-8-23-14/h2-8H,9-10H2,1H3,(H,18,21)/t17-/m1/s1. The molecule has 0 bridgehead atoms. The predicted molar refractivity (Wildman–Crippen MR) is 85.6 cm³/mol. The van der Waals surface area contributed by atoms with E-state index < -0.39 is 17.5 Å². The van der Waals surface area contributed by atoms with E-state index in [9.17, 15) is 14.4 Å². The summed E-state index contributed by atoms with van der Waals surface area (Å²) in [6.45, 7) is 1.44. The number of carbonyl (C=O) groups excluding carboxylic acids is 3. The highest BCUT2D eigenvalue weighted by Gasteiger charge is 2.42. The average molecular weight is 329 g/mol. The van der Waals surface area contributed by atoms with Crippen LogP contribution in [0.2, 0.25) is 0 Å². The summed E-state index contributed by atoms with van der Waals surface area (Å²) < 4.78 is 5.33. The smallest absolute Gasteiger partial charge is 0.339 e. The molecule has 5 nitrogen and oxygen atoms in total. The van der Waals surface area contributed by atoms with Crippen molar-refractivity contribution in [2.75, 3.05) is 6.54 Å². The molecule has 1 aromatic heterocycles. The van der Waals surface area contributed by atoms with Gasteiger partial charge in [0.1, 0.15) is 0 Å². The molecule has 0 fully saturated rings. The molecule has 1 N–H and O–H groups in total. The third kappa shape index (κ3) is 3.03. The molecule has 1 aliphatic heterocycles. The molecule has 2 aromatic rings. The maximum absolute atomic E-state index is 12.4. The molecule has 6 heteroatoms. The zero-order valence-electron chi connectivity index (χ0n) is 12.5. The Hall–Kier alpha value is -2.47. The normalized spacial score (nSPS) is 19.6. The zero-order valence-corrected chi connectivity index (χ0v) is 13.3. The van der Waals surface area contributed by atoms with E-state index in [-0.39, 0.29) is 18.7 Å². The molecular weight excluding hydrogens is 314 g/mol. The Balaban J connectivity index is 1.70. The maximum atomic E-state index is 12.4. The predicted octanol–water partition coefficient (Wildman–Crippen LogP) is 2.22. The minimum atomic E-state index is -1.30. The van der Waals surface area contributed by atoms with E-state index in [1.165, 1.54) is 11.3 Å². The topological polar surface area (TPSA) is 72.5 Å². The summed E-state index contributed by atoms with van der Waals surface area (Å²) in [5.41, 5.74) is -0.0559. The number of hydrogen-bond donors (Lipinski definition) is 1. The molecule has 2 heterocycles. The molecule has 0 saturated carbocycles. The number of cyclic esters (lactones) is 1. The van der Waals surface area contributed by atoms with Crippen molar-refractivity contribution >= 4 is 29.0 Å². The number of esters is 1. The number of amides is 1. The summed E-state index contributed by atoms with van der Waals surface area (Å²) in [4.78, 5) is 37.0. The largest absolute Gasteiger partial charge is 0.445 e. The third-order valence-corrected chi connectivity index (χ3v) is 4.68. The highest BCUT2D eigenvalue weighted by Crippen LogP contribution is 2.28. The van der Waals surface area contributed by atoms with Crippen molar-refractivity contribution in [2.24, 2.45) is 0 Å². The Morgan fingerprint density at radius 3 is 2.78 bits per heavy atom. The lowest BCUT2D eigenvalue weighted by Crippen LogP contribution is -2.52. The molecule has 0 radical (unpaired) electrons. The van der Waals surface area contributed by atoms with Gasteiger partial charge in [0.15, 0.2) is 11.4 Å². The van der Waals surface area contributed by atoms with Crippen LogP contribution in [0.3, 0.4) is 0 Å². The molecule has 23 heavy (non-hydrogen) atoms. The van der Waals surface area contributed by atoms with Crippen LogP contribution in [0.15, 0.2) is 41.8 Å². The van der Waals surface area contributed by atoms with Crippen LogP contribution in [-0.4, -0.2) is 29.8 Å². The van der Waals surface area contributed by atoms with Crippen molar-refractivity contribution in [2.45, 2.75) is 18.9 Å². The molecule has 3 rings (SSSR count). The Kier molecular flexibility index (Phi) is 4.00. The second-order valence-electron chi connectivity index (χ2n) is 5.54. The van der Waals surface area contributed by atoms with Gasteiger partial charge in [0.2, 0.25) is 0 Å². The second kappa shape index (κ2) is 5.96. The number of nitrogens with one attached hydrogen (secondary N) is 1. The number of hydrogen-bond acceptors (Lipinski definition) is 5. The number of ether oxygens (including phenoxy) is 1. The van der Waals surface area contributed by atoms with Gasteiger partial charge in [-0.05, 0) is 30.0 Å². The first-order valence-corrected chi connectivity index (χ1v) is 8.04. The summed E-state index contributed by atoms with van der Waals surface area (Å²) >= 11 is 1.32. The number of thiophene rings is 1. The van der Waals surface area contributed by atoms with Crippen molar-refractivity contribution in [1.82, 2.24) is 5.32 Å². The van der Waals surface area contributed by atoms with E-state index in [4.69, 9.17) is 4.74 Å². The zero-order chi connectivity index (χ0) is 16.4. The highest BCUT2D eigenvalue weighted by molar-refractivity contribution is 7.12. The number of benzene rings is 1. The van der Waals surface area contributed by atoms with Gasteiger partial charge in [-0.2, -0.15) is 0 Å². The van der Waals surface area contributed by atoms with Gasteiger partial charge in [0.25, 0.3) is 5.91 Å².